The number of phenolic OH excluding ortho intramolecular Hbond substituents is 1. The maximum atomic E-state index is 9.45. The van der Waals surface area contributed by atoms with Crippen molar-refractivity contribution in [2.75, 3.05) is 0 Å². The van der Waals surface area contributed by atoms with Crippen molar-refractivity contribution in [1.82, 2.24) is 0 Å². The van der Waals surface area contributed by atoms with E-state index in [0.717, 1.165) is 24.9 Å². The minimum absolute atomic E-state index is 0.299. The Bertz CT molecular complexity index is 611. The molecule has 2 aromatic rings. The summed E-state index contributed by atoms with van der Waals surface area (Å²) in [5.41, 5.74) is 3.04. The summed E-state index contributed by atoms with van der Waals surface area (Å²) in [6, 6.07) is 11.4. The molecule has 18 heavy (non-hydrogen) atoms. The van der Waals surface area contributed by atoms with Crippen LogP contribution in [0.5, 0.6) is 5.75 Å². The van der Waals surface area contributed by atoms with Crippen molar-refractivity contribution in [1.29, 1.82) is 0 Å². The van der Waals surface area contributed by atoms with Crippen LogP contribution in [0.4, 0.5) is 5.69 Å². The van der Waals surface area contributed by atoms with Crippen LogP contribution in [0.3, 0.4) is 0 Å². The van der Waals surface area contributed by atoms with Gasteiger partial charge in [-0.1, -0.05) is 15.9 Å². The van der Waals surface area contributed by atoms with Crippen LogP contribution in [0.2, 0.25) is 0 Å². The van der Waals surface area contributed by atoms with Crippen LogP contribution in [0.15, 0.2) is 45.9 Å². The summed E-state index contributed by atoms with van der Waals surface area (Å²) in [7, 11) is 0. The number of phenols is 1. The van der Waals surface area contributed by atoms with Crippen LogP contribution in [-0.4, -0.2) is 11.3 Å². The van der Waals surface area contributed by atoms with Gasteiger partial charge in [0.25, 0.3) is 0 Å². The Morgan fingerprint density at radius 1 is 1.22 bits per heavy atom. The molecule has 0 aliphatic carbocycles. The lowest BCUT2D eigenvalue weighted by Crippen LogP contribution is -1.83. The highest BCUT2D eigenvalue weighted by molar-refractivity contribution is 14.1. The van der Waals surface area contributed by atoms with E-state index in [0.29, 0.717) is 5.75 Å². The lowest BCUT2D eigenvalue weighted by atomic mass is 10.2. The number of rotatable bonds is 2. The molecule has 2 nitrogen and oxygen atoms in total. The molecule has 1 N–H and O–H groups in total. The second-order valence-electron chi connectivity index (χ2n) is 3.90. The Balaban J connectivity index is 2.27. The van der Waals surface area contributed by atoms with Gasteiger partial charge in [0.1, 0.15) is 5.75 Å². The van der Waals surface area contributed by atoms with E-state index in [2.05, 4.69) is 43.5 Å². The lowest BCUT2D eigenvalue weighted by Gasteiger charge is -2.01. The van der Waals surface area contributed by atoms with Gasteiger partial charge in [-0.05, 0) is 77.0 Å². The maximum absolute atomic E-state index is 9.45. The number of hydrogen-bond donors (Lipinski definition) is 1. The van der Waals surface area contributed by atoms with E-state index in [1.807, 2.05) is 37.3 Å². The van der Waals surface area contributed by atoms with Crippen LogP contribution < -0.4 is 0 Å². The molecule has 4 heteroatoms. The molecule has 0 radical (unpaired) electrons. The molecule has 0 saturated heterocycles. The average Bonchev–Trinajstić information content (AvgIpc) is 2.32. The zero-order valence-corrected chi connectivity index (χ0v) is 13.4. The minimum Gasteiger partial charge on any atom is -0.507 e. The fraction of sp³-hybridized carbons (Fsp3) is 0.0714. The molecule has 0 bridgehead atoms. The molecule has 2 rings (SSSR count). The van der Waals surface area contributed by atoms with E-state index >= 15 is 0 Å². The van der Waals surface area contributed by atoms with E-state index < -0.39 is 0 Å². The number of aromatic hydroxyl groups is 1. The predicted octanol–water partition coefficient (Wildman–Crippen LogP) is 4.82. The highest BCUT2D eigenvalue weighted by Gasteiger charge is 1.99. The molecule has 0 fully saturated rings. The maximum Gasteiger partial charge on any atom is 0.128 e. The Labute approximate surface area is 128 Å². The third-order valence-electron chi connectivity index (χ3n) is 2.48. The van der Waals surface area contributed by atoms with Crippen molar-refractivity contribution in [3.05, 3.63) is 55.6 Å². The molecule has 0 saturated carbocycles. The van der Waals surface area contributed by atoms with Gasteiger partial charge in [0.05, 0.1) is 9.26 Å². The van der Waals surface area contributed by atoms with E-state index in [9.17, 15) is 5.11 Å². The van der Waals surface area contributed by atoms with Crippen molar-refractivity contribution < 1.29 is 5.11 Å². The number of halogens is 2. The fourth-order valence-corrected chi connectivity index (χ4v) is 2.53. The van der Waals surface area contributed by atoms with E-state index in [-0.39, 0.29) is 0 Å². The number of aryl methyl sites for hydroxylation is 1. The largest absolute Gasteiger partial charge is 0.507 e. The summed E-state index contributed by atoms with van der Waals surface area (Å²) in [6.45, 7) is 2.03. The Morgan fingerprint density at radius 2 is 2.00 bits per heavy atom. The normalized spacial score (nSPS) is 11.1. The Kier molecular flexibility index (Phi) is 4.40. The lowest BCUT2D eigenvalue weighted by molar-refractivity contribution is 0.471. The summed E-state index contributed by atoms with van der Waals surface area (Å²) < 4.78 is 1.88. The van der Waals surface area contributed by atoms with Gasteiger partial charge in [0.2, 0.25) is 0 Å². The molecule has 0 heterocycles. The zero-order chi connectivity index (χ0) is 13.1. The molecule has 0 unspecified atom stereocenters. The number of hydrogen-bond acceptors (Lipinski definition) is 2. The topological polar surface area (TPSA) is 32.6 Å². The Morgan fingerprint density at radius 3 is 2.67 bits per heavy atom. The third-order valence-corrected chi connectivity index (χ3v) is 3.84. The molecule has 0 aliphatic heterocycles. The van der Waals surface area contributed by atoms with Crippen molar-refractivity contribution in [3.63, 3.8) is 0 Å². The molecule has 0 amide bonds. The molecular weight excluding hydrogens is 405 g/mol. The van der Waals surface area contributed by atoms with Crippen LogP contribution in [0, 0.1) is 10.5 Å². The van der Waals surface area contributed by atoms with Crippen molar-refractivity contribution in [2.45, 2.75) is 6.92 Å². The fourth-order valence-electron chi connectivity index (χ4n) is 1.51. The monoisotopic (exact) mass is 415 g/mol. The van der Waals surface area contributed by atoms with Gasteiger partial charge in [0.15, 0.2) is 0 Å². The quantitative estimate of drug-likeness (QED) is 0.553. The smallest absolute Gasteiger partial charge is 0.128 e. The second-order valence-corrected chi connectivity index (χ2v) is 5.98. The van der Waals surface area contributed by atoms with Crippen LogP contribution in [0.1, 0.15) is 11.1 Å². The van der Waals surface area contributed by atoms with E-state index in [1.54, 1.807) is 12.3 Å². The van der Waals surface area contributed by atoms with Gasteiger partial charge in [-0.3, -0.25) is 4.99 Å². The number of aliphatic imine (C=N–C) groups is 1. The predicted molar refractivity (Wildman–Crippen MR) is 87.0 cm³/mol. The summed E-state index contributed by atoms with van der Waals surface area (Å²) >= 11 is 5.53. The molecule has 2 aromatic carbocycles. The molecule has 0 aromatic heterocycles. The first-order valence-corrected chi connectivity index (χ1v) is 7.22. The van der Waals surface area contributed by atoms with Crippen LogP contribution in [-0.2, 0) is 0 Å². The summed E-state index contributed by atoms with van der Waals surface area (Å²) in [5.74, 6) is 0.299. The second kappa shape index (κ2) is 5.84. The van der Waals surface area contributed by atoms with E-state index in [1.165, 1.54) is 0 Å². The summed E-state index contributed by atoms with van der Waals surface area (Å²) in [5, 5.41) is 9.45. The molecule has 0 atom stereocenters. The average molecular weight is 416 g/mol. The van der Waals surface area contributed by atoms with Crippen LogP contribution >= 0.6 is 38.5 Å². The zero-order valence-electron chi connectivity index (χ0n) is 9.69. The van der Waals surface area contributed by atoms with Gasteiger partial charge in [0, 0.05) is 10.7 Å². The highest BCUT2D eigenvalue weighted by Crippen LogP contribution is 2.23. The highest BCUT2D eigenvalue weighted by atomic mass is 127. The number of nitrogens with zero attached hydrogens (tertiary/aromatic N) is 1. The van der Waals surface area contributed by atoms with Crippen molar-refractivity contribution in [2.24, 2.45) is 4.99 Å². The van der Waals surface area contributed by atoms with Crippen LogP contribution in [0.25, 0.3) is 0 Å². The SMILES string of the molecule is Cc1cc(Br)ccc1N=Cc1ccc(O)c(I)c1. The van der Waals surface area contributed by atoms with Crippen molar-refractivity contribution >= 4 is 50.4 Å². The molecular formula is C14H11BrINO. The van der Waals surface area contributed by atoms with Gasteiger partial charge < -0.3 is 5.11 Å². The first kappa shape index (κ1) is 13.5. The summed E-state index contributed by atoms with van der Waals surface area (Å²) in [6.07, 6.45) is 1.80. The van der Waals surface area contributed by atoms with Gasteiger partial charge >= 0.3 is 0 Å². The first-order chi connectivity index (χ1) is 8.56. The van der Waals surface area contributed by atoms with Gasteiger partial charge in [-0.15, -0.1) is 0 Å². The number of benzene rings is 2. The van der Waals surface area contributed by atoms with E-state index in [4.69, 9.17) is 0 Å². The summed E-state index contributed by atoms with van der Waals surface area (Å²) in [4.78, 5) is 4.46. The standard InChI is InChI=1S/C14H11BrINO/c1-9-6-11(15)3-4-13(9)17-8-10-2-5-14(18)12(16)7-10/h2-8,18H,1H3. The first-order valence-electron chi connectivity index (χ1n) is 5.35. The molecule has 0 aliphatic rings. The minimum atomic E-state index is 0.299. The third kappa shape index (κ3) is 3.32. The van der Waals surface area contributed by atoms with Gasteiger partial charge in [-0.2, -0.15) is 0 Å². The molecule has 92 valence electrons. The van der Waals surface area contributed by atoms with Crippen molar-refractivity contribution in [3.8, 4) is 5.75 Å². The molecule has 0 spiro atoms. The Hall–Kier alpha value is -0.880. The van der Waals surface area contributed by atoms with Gasteiger partial charge in [-0.25, -0.2) is 0 Å².